The van der Waals surface area contributed by atoms with Crippen molar-refractivity contribution in [3.63, 3.8) is 0 Å². The molecule has 1 aliphatic rings. The van der Waals surface area contributed by atoms with Crippen molar-refractivity contribution >= 4 is 23.1 Å². The van der Waals surface area contributed by atoms with E-state index >= 15 is 0 Å². The molecule has 2 aromatic rings. The standard InChI is InChI=1S/C13H16N4S2/c1-8-16-17-13(18-8)19-12-10(7-14)6-9-4-2-3-5-11(9)15-12/h6H,2-5,7,14H2,1H3. The van der Waals surface area contributed by atoms with E-state index < -0.39 is 0 Å². The molecule has 0 saturated heterocycles. The summed E-state index contributed by atoms with van der Waals surface area (Å²) < 4.78 is 0.940. The minimum absolute atomic E-state index is 0.528. The molecule has 4 nitrogen and oxygen atoms in total. The van der Waals surface area contributed by atoms with E-state index in [1.54, 1.807) is 23.1 Å². The van der Waals surface area contributed by atoms with Gasteiger partial charge in [0, 0.05) is 12.2 Å². The third kappa shape index (κ3) is 2.80. The second kappa shape index (κ2) is 5.56. The number of nitrogens with zero attached hydrogens (tertiary/aromatic N) is 3. The molecule has 1 aliphatic carbocycles. The lowest BCUT2D eigenvalue weighted by Gasteiger charge is -2.17. The topological polar surface area (TPSA) is 64.7 Å². The third-order valence-corrected chi connectivity index (χ3v) is 5.19. The Morgan fingerprint density at radius 1 is 1.32 bits per heavy atom. The zero-order chi connectivity index (χ0) is 13.2. The minimum Gasteiger partial charge on any atom is -0.326 e. The van der Waals surface area contributed by atoms with Gasteiger partial charge in [-0.05, 0) is 55.5 Å². The van der Waals surface area contributed by atoms with Crippen LogP contribution in [0, 0.1) is 6.92 Å². The molecule has 0 unspecified atom stereocenters. The average Bonchev–Trinajstić information content (AvgIpc) is 2.83. The monoisotopic (exact) mass is 292 g/mol. The quantitative estimate of drug-likeness (QED) is 0.942. The smallest absolute Gasteiger partial charge is 0.180 e. The van der Waals surface area contributed by atoms with Gasteiger partial charge in [0.25, 0.3) is 0 Å². The van der Waals surface area contributed by atoms with Crippen LogP contribution in [0.5, 0.6) is 0 Å². The van der Waals surface area contributed by atoms with Gasteiger partial charge in [0.15, 0.2) is 4.34 Å². The van der Waals surface area contributed by atoms with Crippen molar-refractivity contribution in [1.82, 2.24) is 15.2 Å². The number of aromatic nitrogens is 3. The molecular formula is C13H16N4S2. The van der Waals surface area contributed by atoms with Crippen molar-refractivity contribution < 1.29 is 0 Å². The Labute approximate surface area is 120 Å². The number of fused-ring (bicyclic) bond motifs is 1. The van der Waals surface area contributed by atoms with Gasteiger partial charge in [0.05, 0.1) is 0 Å². The maximum atomic E-state index is 5.86. The summed E-state index contributed by atoms with van der Waals surface area (Å²) in [4.78, 5) is 4.81. The summed E-state index contributed by atoms with van der Waals surface area (Å²) in [5, 5.41) is 10.2. The first-order valence-corrected chi connectivity index (χ1v) is 8.09. The molecule has 19 heavy (non-hydrogen) atoms. The van der Waals surface area contributed by atoms with Gasteiger partial charge in [0.2, 0.25) is 0 Å². The molecule has 2 aromatic heterocycles. The predicted molar refractivity (Wildman–Crippen MR) is 77.5 cm³/mol. The molecule has 0 saturated carbocycles. The Bertz CT molecular complexity index is 594. The van der Waals surface area contributed by atoms with E-state index in [0.717, 1.165) is 32.8 Å². The van der Waals surface area contributed by atoms with E-state index in [9.17, 15) is 0 Å². The lowest BCUT2D eigenvalue weighted by atomic mass is 9.95. The lowest BCUT2D eigenvalue weighted by Crippen LogP contribution is -2.10. The van der Waals surface area contributed by atoms with E-state index in [0.29, 0.717) is 6.54 Å². The summed E-state index contributed by atoms with van der Waals surface area (Å²) in [6.45, 7) is 2.49. The van der Waals surface area contributed by atoms with E-state index in [1.165, 1.54) is 24.1 Å². The lowest BCUT2D eigenvalue weighted by molar-refractivity contribution is 0.656. The highest BCUT2D eigenvalue weighted by molar-refractivity contribution is 8.01. The van der Waals surface area contributed by atoms with Gasteiger partial charge >= 0.3 is 0 Å². The first-order valence-electron chi connectivity index (χ1n) is 6.46. The van der Waals surface area contributed by atoms with Crippen LogP contribution < -0.4 is 5.73 Å². The SMILES string of the molecule is Cc1nnc(Sc2nc3c(cc2CN)CCCC3)s1. The molecule has 0 radical (unpaired) electrons. The minimum atomic E-state index is 0.528. The number of nitrogens with two attached hydrogens (primary N) is 1. The van der Waals surface area contributed by atoms with Crippen LogP contribution in [0.1, 0.15) is 34.7 Å². The molecule has 6 heteroatoms. The Balaban J connectivity index is 1.95. The second-order valence-corrected chi connectivity index (χ2v) is 7.08. The molecule has 0 bridgehead atoms. The first-order chi connectivity index (χ1) is 9.26. The molecule has 0 aliphatic heterocycles. The fourth-order valence-electron chi connectivity index (χ4n) is 2.30. The van der Waals surface area contributed by atoms with Gasteiger partial charge in [-0.1, -0.05) is 17.4 Å². The fourth-order valence-corrected chi connectivity index (χ4v) is 4.16. The molecule has 2 N–H and O–H groups in total. The number of aryl methyl sites for hydroxylation is 3. The highest BCUT2D eigenvalue weighted by Crippen LogP contribution is 2.33. The van der Waals surface area contributed by atoms with Crippen LogP contribution in [0.15, 0.2) is 15.4 Å². The molecule has 100 valence electrons. The van der Waals surface area contributed by atoms with Crippen molar-refractivity contribution in [1.29, 1.82) is 0 Å². The van der Waals surface area contributed by atoms with Crippen molar-refractivity contribution in [2.45, 2.75) is 48.5 Å². The summed E-state index contributed by atoms with van der Waals surface area (Å²) >= 11 is 3.19. The highest BCUT2D eigenvalue weighted by Gasteiger charge is 2.16. The summed E-state index contributed by atoms with van der Waals surface area (Å²) in [7, 11) is 0. The predicted octanol–water partition coefficient (Wildman–Crippen LogP) is 2.73. The van der Waals surface area contributed by atoms with Gasteiger partial charge in [-0.15, -0.1) is 10.2 Å². The maximum Gasteiger partial charge on any atom is 0.180 e. The molecule has 0 spiro atoms. The largest absolute Gasteiger partial charge is 0.326 e. The van der Waals surface area contributed by atoms with Gasteiger partial charge < -0.3 is 5.73 Å². The second-order valence-electron chi connectivity index (χ2n) is 4.66. The van der Waals surface area contributed by atoms with Crippen LogP contribution in [-0.4, -0.2) is 15.2 Å². The van der Waals surface area contributed by atoms with Crippen LogP contribution in [0.25, 0.3) is 0 Å². The first kappa shape index (κ1) is 13.0. The fraction of sp³-hybridized carbons (Fsp3) is 0.462. The van der Waals surface area contributed by atoms with Crippen molar-refractivity contribution in [3.8, 4) is 0 Å². The Hall–Kier alpha value is -0.980. The van der Waals surface area contributed by atoms with Gasteiger partial charge in [-0.3, -0.25) is 0 Å². The van der Waals surface area contributed by atoms with Gasteiger partial charge in [0.1, 0.15) is 10.0 Å². The molecule has 0 aromatic carbocycles. The van der Waals surface area contributed by atoms with Crippen LogP contribution in [0.4, 0.5) is 0 Å². The van der Waals surface area contributed by atoms with Crippen LogP contribution in [0.3, 0.4) is 0 Å². The average molecular weight is 292 g/mol. The number of hydrogen-bond donors (Lipinski definition) is 1. The zero-order valence-corrected chi connectivity index (χ0v) is 12.5. The summed E-state index contributed by atoms with van der Waals surface area (Å²) in [6.07, 6.45) is 4.73. The molecule has 0 atom stereocenters. The van der Waals surface area contributed by atoms with Crippen molar-refractivity contribution in [3.05, 3.63) is 27.9 Å². The molecule has 0 fully saturated rings. The summed E-state index contributed by atoms with van der Waals surface area (Å²) in [5.74, 6) is 0. The Kier molecular flexibility index (Phi) is 3.81. The number of pyridine rings is 1. The van der Waals surface area contributed by atoms with Crippen molar-refractivity contribution in [2.75, 3.05) is 0 Å². The summed E-state index contributed by atoms with van der Waals surface area (Å²) in [5.41, 5.74) is 9.60. The third-order valence-electron chi connectivity index (χ3n) is 3.25. The van der Waals surface area contributed by atoms with Gasteiger partial charge in [-0.25, -0.2) is 4.98 Å². The highest BCUT2D eigenvalue weighted by atomic mass is 32.2. The molecule has 0 amide bonds. The normalized spacial score (nSPS) is 14.4. The number of hydrogen-bond acceptors (Lipinski definition) is 6. The maximum absolute atomic E-state index is 5.86. The summed E-state index contributed by atoms with van der Waals surface area (Å²) in [6, 6.07) is 2.23. The molecule has 3 rings (SSSR count). The van der Waals surface area contributed by atoms with E-state index in [4.69, 9.17) is 10.7 Å². The van der Waals surface area contributed by atoms with E-state index in [1.807, 2.05) is 6.92 Å². The molecular weight excluding hydrogens is 276 g/mol. The van der Waals surface area contributed by atoms with Crippen molar-refractivity contribution in [2.24, 2.45) is 5.73 Å². The van der Waals surface area contributed by atoms with Gasteiger partial charge in [-0.2, -0.15) is 0 Å². The van der Waals surface area contributed by atoms with Crippen LogP contribution >= 0.6 is 23.1 Å². The Morgan fingerprint density at radius 2 is 2.16 bits per heavy atom. The number of rotatable bonds is 3. The van der Waals surface area contributed by atoms with Crippen LogP contribution in [0.2, 0.25) is 0 Å². The van der Waals surface area contributed by atoms with Crippen LogP contribution in [-0.2, 0) is 19.4 Å². The van der Waals surface area contributed by atoms with E-state index in [2.05, 4.69) is 16.3 Å². The van der Waals surface area contributed by atoms with E-state index in [-0.39, 0.29) is 0 Å². The Morgan fingerprint density at radius 3 is 2.89 bits per heavy atom. The molecule has 2 heterocycles. The zero-order valence-electron chi connectivity index (χ0n) is 10.8.